The monoisotopic (exact) mass is 423 g/mol. The summed E-state index contributed by atoms with van der Waals surface area (Å²) in [6.07, 6.45) is 6.42. The van der Waals surface area contributed by atoms with E-state index in [1.165, 1.54) is 0 Å². The third kappa shape index (κ3) is 7.53. The molecule has 164 valence electrons. The molecule has 29 heavy (non-hydrogen) atoms. The first-order chi connectivity index (χ1) is 13.9. The van der Waals surface area contributed by atoms with E-state index in [1.54, 1.807) is 11.8 Å². The molecule has 0 spiro atoms. The third-order valence-corrected chi connectivity index (χ3v) is 5.65. The minimum absolute atomic E-state index is 0.214. The van der Waals surface area contributed by atoms with Crippen LogP contribution in [0.5, 0.6) is 0 Å². The zero-order chi connectivity index (χ0) is 21.2. The van der Waals surface area contributed by atoms with Gasteiger partial charge in [0.05, 0.1) is 0 Å². The van der Waals surface area contributed by atoms with E-state index in [0.717, 1.165) is 75.3 Å². The molecule has 0 radical (unpaired) electrons. The Morgan fingerprint density at radius 1 is 1.41 bits per heavy atom. The number of amides is 1. The number of carbonyl (C=O) groups is 1. The Morgan fingerprint density at radius 2 is 2.21 bits per heavy atom. The molecular weight excluding hydrogens is 386 g/mol. The smallest absolute Gasteiger partial charge is 0.217 e. The molecule has 0 saturated carbocycles. The maximum Gasteiger partial charge on any atom is 0.217 e. The predicted molar refractivity (Wildman–Crippen MR) is 119 cm³/mol. The zero-order valence-corrected chi connectivity index (χ0v) is 19.2. The average Bonchev–Trinajstić information content (AvgIpc) is 3.05. The van der Waals surface area contributed by atoms with E-state index in [4.69, 9.17) is 10.7 Å². The number of hydrogen-bond donors (Lipinski definition) is 2. The molecule has 0 aromatic carbocycles. The number of guanidine groups is 1. The van der Waals surface area contributed by atoms with Gasteiger partial charge < -0.3 is 20.5 Å². The lowest BCUT2D eigenvalue weighted by Crippen LogP contribution is -2.47. The maximum atomic E-state index is 11.3. The molecule has 0 bridgehead atoms. The van der Waals surface area contributed by atoms with Crippen LogP contribution in [-0.2, 0) is 17.8 Å². The second-order valence-corrected chi connectivity index (χ2v) is 8.84. The molecule has 1 aromatic rings. The first kappa shape index (κ1) is 23.5. The van der Waals surface area contributed by atoms with Gasteiger partial charge in [0, 0.05) is 45.6 Å². The van der Waals surface area contributed by atoms with Crippen molar-refractivity contribution in [3.05, 3.63) is 5.82 Å². The number of thioether (sulfide) groups is 1. The van der Waals surface area contributed by atoms with Crippen molar-refractivity contribution in [2.75, 3.05) is 32.4 Å². The first-order valence-corrected chi connectivity index (χ1v) is 11.9. The number of piperidine rings is 1. The van der Waals surface area contributed by atoms with Gasteiger partial charge in [-0.2, -0.15) is 0 Å². The van der Waals surface area contributed by atoms with Crippen LogP contribution in [0.15, 0.2) is 10.1 Å². The fourth-order valence-electron chi connectivity index (χ4n) is 3.76. The molecule has 2 heterocycles. The number of rotatable bonds is 10. The van der Waals surface area contributed by atoms with Crippen molar-refractivity contribution in [3.63, 3.8) is 0 Å². The minimum Gasteiger partial charge on any atom is -0.370 e. The summed E-state index contributed by atoms with van der Waals surface area (Å²) in [7, 11) is 0. The third-order valence-electron chi connectivity index (χ3n) is 4.99. The topological polar surface area (TPSA) is 101 Å². The number of aromatic nitrogens is 3. The van der Waals surface area contributed by atoms with Gasteiger partial charge in [-0.3, -0.25) is 9.79 Å². The molecule has 1 aromatic heterocycles. The lowest BCUT2D eigenvalue weighted by Gasteiger charge is -2.34. The number of aliphatic imine (C=N–C) groups is 1. The van der Waals surface area contributed by atoms with E-state index in [-0.39, 0.29) is 5.91 Å². The summed E-state index contributed by atoms with van der Waals surface area (Å²) in [6.45, 7) is 10.8. The number of hydrogen-bond acceptors (Lipinski definition) is 5. The molecule has 1 amide bonds. The Labute approximate surface area is 179 Å². The maximum absolute atomic E-state index is 11.3. The lowest BCUT2D eigenvalue weighted by atomic mass is 9.95. The highest BCUT2D eigenvalue weighted by Crippen LogP contribution is 2.20. The number of nitrogens with two attached hydrogens (primary N) is 1. The van der Waals surface area contributed by atoms with E-state index in [2.05, 4.69) is 45.8 Å². The molecule has 1 saturated heterocycles. The Kier molecular flexibility index (Phi) is 9.76. The lowest BCUT2D eigenvalue weighted by molar-refractivity contribution is -0.119. The van der Waals surface area contributed by atoms with E-state index in [9.17, 15) is 4.79 Å². The Balaban J connectivity index is 1.94. The zero-order valence-electron chi connectivity index (χ0n) is 18.4. The van der Waals surface area contributed by atoms with Crippen molar-refractivity contribution >= 4 is 23.6 Å². The van der Waals surface area contributed by atoms with E-state index >= 15 is 0 Å². The molecule has 1 unspecified atom stereocenters. The quantitative estimate of drug-likeness (QED) is 0.259. The Morgan fingerprint density at radius 3 is 2.86 bits per heavy atom. The van der Waals surface area contributed by atoms with Crippen LogP contribution in [-0.4, -0.2) is 64.0 Å². The van der Waals surface area contributed by atoms with Crippen LogP contribution in [0.4, 0.5) is 0 Å². The summed E-state index contributed by atoms with van der Waals surface area (Å²) in [5, 5.41) is 13.1. The summed E-state index contributed by atoms with van der Waals surface area (Å²) in [5.74, 6) is 2.65. The molecule has 8 nitrogen and oxygen atoms in total. The van der Waals surface area contributed by atoms with Gasteiger partial charge in [-0.1, -0.05) is 25.6 Å². The largest absolute Gasteiger partial charge is 0.370 e. The van der Waals surface area contributed by atoms with Crippen LogP contribution in [0, 0.1) is 11.8 Å². The number of aryl methyl sites for hydroxylation is 1. The van der Waals surface area contributed by atoms with Gasteiger partial charge in [-0.15, -0.1) is 10.2 Å². The van der Waals surface area contributed by atoms with E-state index < -0.39 is 0 Å². The number of likely N-dealkylation sites (tertiary alicyclic amines) is 1. The van der Waals surface area contributed by atoms with Crippen LogP contribution in [0.3, 0.4) is 0 Å². The predicted octanol–water partition coefficient (Wildman–Crippen LogP) is 2.14. The Hall–Kier alpha value is -1.77. The van der Waals surface area contributed by atoms with Crippen molar-refractivity contribution in [1.82, 2.24) is 25.0 Å². The van der Waals surface area contributed by atoms with Crippen molar-refractivity contribution in [2.45, 2.75) is 64.6 Å². The van der Waals surface area contributed by atoms with Crippen molar-refractivity contribution < 1.29 is 4.79 Å². The fourth-order valence-corrected chi connectivity index (χ4v) is 4.28. The van der Waals surface area contributed by atoms with Gasteiger partial charge in [-0.05, 0) is 44.3 Å². The average molecular weight is 424 g/mol. The van der Waals surface area contributed by atoms with Crippen molar-refractivity contribution in [2.24, 2.45) is 22.6 Å². The highest BCUT2D eigenvalue weighted by atomic mass is 32.2. The highest BCUT2D eigenvalue weighted by Gasteiger charge is 2.23. The summed E-state index contributed by atoms with van der Waals surface area (Å²) in [6, 6.07) is 0. The molecule has 1 atom stereocenters. The van der Waals surface area contributed by atoms with Crippen LogP contribution < -0.4 is 11.1 Å². The highest BCUT2D eigenvalue weighted by molar-refractivity contribution is 7.98. The fraction of sp³-hybridized carbons (Fsp3) is 0.800. The molecule has 2 rings (SSSR count). The number of carbonyl (C=O) groups excluding carboxylic acids is 1. The van der Waals surface area contributed by atoms with Gasteiger partial charge >= 0.3 is 0 Å². The molecular formula is C20H37N7OS. The van der Waals surface area contributed by atoms with Gasteiger partial charge in [0.1, 0.15) is 5.82 Å². The van der Waals surface area contributed by atoms with Crippen LogP contribution in [0.25, 0.3) is 0 Å². The van der Waals surface area contributed by atoms with Gasteiger partial charge in [0.15, 0.2) is 11.1 Å². The van der Waals surface area contributed by atoms with E-state index in [1.807, 2.05) is 6.26 Å². The second kappa shape index (κ2) is 12.0. The van der Waals surface area contributed by atoms with Crippen LogP contribution >= 0.6 is 11.8 Å². The summed E-state index contributed by atoms with van der Waals surface area (Å²) in [5.41, 5.74) is 5.39. The molecule has 1 aliphatic rings. The normalized spacial score (nSPS) is 17.8. The summed E-state index contributed by atoms with van der Waals surface area (Å²) < 4.78 is 2.24. The van der Waals surface area contributed by atoms with Crippen LogP contribution in [0.2, 0.25) is 0 Å². The molecule has 1 aliphatic heterocycles. The Bertz CT molecular complexity index is 674. The van der Waals surface area contributed by atoms with Gasteiger partial charge in [-0.25, -0.2) is 0 Å². The molecule has 3 N–H and O–H groups in total. The standard InChI is InChI=1S/C20H37N7OS/c1-5-22-19(26-11-7-8-16(14-26)12-17(21)28)23-10-6-9-18-24-25-20(29-4)27(18)13-15(2)3/h15-16H,5-14H2,1-4H3,(H2,21,28)(H,22,23). The minimum atomic E-state index is -0.214. The first-order valence-electron chi connectivity index (χ1n) is 10.7. The number of primary amides is 1. The SMILES string of the molecule is CCNC(=NCCCc1nnc(SC)n1CC(C)C)N1CCCC(CC(N)=O)C1. The summed E-state index contributed by atoms with van der Waals surface area (Å²) in [4.78, 5) is 18.4. The summed E-state index contributed by atoms with van der Waals surface area (Å²) >= 11 is 1.64. The van der Waals surface area contributed by atoms with Crippen LogP contribution in [0.1, 0.15) is 52.3 Å². The van der Waals surface area contributed by atoms with Crippen molar-refractivity contribution in [3.8, 4) is 0 Å². The molecule has 9 heteroatoms. The van der Waals surface area contributed by atoms with Gasteiger partial charge in [0.25, 0.3) is 0 Å². The van der Waals surface area contributed by atoms with Crippen molar-refractivity contribution in [1.29, 1.82) is 0 Å². The molecule has 1 fully saturated rings. The van der Waals surface area contributed by atoms with Gasteiger partial charge in [0.2, 0.25) is 5.91 Å². The van der Waals surface area contributed by atoms with E-state index in [0.29, 0.717) is 18.3 Å². The molecule has 0 aliphatic carbocycles. The second-order valence-electron chi connectivity index (χ2n) is 8.07. The number of nitrogens with zero attached hydrogens (tertiary/aromatic N) is 5. The number of nitrogens with one attached hydrogen (secondary N) is 1.